The summed E-state index contributed by atoms with van der Waals surface area (Å²) in [7, 11) is 6.20. The quantitative estimate of drug-likeness (QED) is 0.759. The molecule has 3 aliphatic heterocycles. The molecule has 3 unspecified atom stereocenters. The van der Waals surface area contributed by atoms with Crippen molar-refractivity contribution in [1.82, 2.24) is 0 Å². The highest BCUT2D eigenvalue weighted by Crippen LogP contribution is 2.51. The van der Waals surface area contributed by atoms with Gasteiger partial charge in [-0.15, -0.1) is 0 Å². The number of fused-ring (bicyclic) bond motifs is 2. The lowest BCUT2D eigenvalue weighted by Gasteiger charge is -2.44. The molecule has 1 aromatic rings. The Bertz CT molecular complexity index is 760. The third-order valence-electron chi connectivity index (χ3n) is 6.98. The van der Waals surface area contributed by atoms with Crippen LogP contribution in [0.4, 0.5) is 0 Å². The van der Waals surface area contributed by atoms with Crippen molar-refractivity contribution < 1.29 is 28.5 Å². The fourth-order valence-corrected chi connectivity index (χ4v) is 5.47. The first-order chi connectivity index (χ1) is 13.7. The molecule has 1 aromatic carbocycles. The van der Waals surface area contributed by atoms with Crippen LogP contribution < -0.4 is 14.2 Å². The molecule has 0 aromatic heterocycles. The SMILES string of the molecule is COc1c2c(cc3c1C(CC(O)CC1CCOC(C)(C)C1)[N+](C)(C)CC3)OCO2. The maximum Gasteiger partial charge on any atom is 0.231 e. The molecule has 0 amide bonds. The van der Waals surface area contributed by atoms with Gasteiger partial charge in [-0.2, -0.15) is 0 Å². The van der Waals surface area contributed by atoms with Gasteiger partial charge < -0.3 is 28.5 Å². The summed E-state index contributed by atoms with van der Waals surface area (Å²) in [5, 5.41) is 11.1. The molecule has 4 rings (SSSR count). The Balaban J connectivity index is 1.58. The number of ether oxygens (including phenoxy) is 4. The Labute approximate surface area is 174 Å². The number of methoxy groups -OCH3 is 1. The van der Waals surface area contributed by atoms with Crippen molar-refractivity contribution in [2.24, 2.45) is 5.92 Å². The van der Waals surface area contributed by atoms with E-state index in [1.54, 1.807) is 7.11 Å². The molecule has 0 aliphatic carbocycles. The Kier molecular flexibility index (Phi) is 5.47. The Hall–Kier alpha value is -1.50. The van der Waals surface area contributed by atoms with Gasteiger partial charge in [0.05, 0.1) is 45.0 Å². The first-order valence-electron chi connectivity index (χ1n) is 10.8. The highest BCUT2D eigenvalue weighted by Gasteiger charge is 2.42. The van der Waals surface area contributed by atoms with Crippen molar-refractivity contribution in [3.8, 4) is 17.2 Å². The highest BCUT2D eigenvalue weighted by atomic mass is 16.7. The van der Waals surface area contributed by atoms with Crippen molar-refractivity contribution in [3.05, 3.63) is 17.2 Å². The lowest BCUT2D eigenvalue weighted by molar-refractivity contribution is -0.924. The average Bonchev–Trinajstić information content (AvgIpc) is 3.10. The number of hydrogen-bond donors (Lipinski definition) is 1. The number of rotatable bonds is 5. The van der Waals surface area contributed by atoms with Crippen molar-refractivity contribution in [2.75, 3.05) is 41.1 Å². The van der Waals surface area contributed by atoms with Crippen molar-refractivity contribution in [2.45, 2.75) is 63.7 Å². The summed E-state index contributed by atoms with van der Waals surface area (Å²) < 4.78 is 23.9. The summed E-state index contributed by atoms with van der Waals surface area (Å²) >= 11 is 0. The first kappa shape index (κ1) is 20.8. The molecule has 0 radical (unpaired) electrons. The van der Waals surface area contributed by atoms with E-state index < -0.39 is 0 Å². The van der Waals surface area contributed by atoms with Gasteiger partial charge in [0.15, 0.2) is 11.5 Å². The van der Waals surface area contributed by atoms with Gasteiger partial charge in [0.2, 0.25) is 12.5 Å². The maximum atomic E-state index is 11.1. The second-order valence-corrected chi connectivity index (χ2v) is 10.1. The second-order valence-electron chi connectivity index (χ2n) is 10.1. The lowest BCUT2D eigenvalue weighted by Crippen LogP contribution is -2.49. The van der Waals surface area contributed by atoms with E-state index in [0.717, 1.165) is 54.8 Å². The smallest absolute Gasteiger partial charge is 0.231 e. The van der Waals surface area contributed by atoms with Crippen LogP contribution in [0.25, 0.3) is 0 Å². The minimum atomic E-state index is -0.350. The zero-order chi connectivity index (χ0) is 20.8. The number of aliphatic hydroxyl groups is 1. The van der Waals surface area contributed by atoms with Crippen LogP contribution in [0.2, 0.25) is 0 Å². The molecule has 3 atom stereocenters. The van der Waals surface area contributed by atoms with Crippen LogP contribution in [-0.2, 0) is 11.2 Å². The molecule has 0 bridgehead atoms. The van der Waals surface area contributed by atoms with Gasteiger partial charge in [0.25, 0.3) is 0 Å². The molecular weight excluding hydrogens is 370 g/mol. The minimum Gasteiger partial charge on any atom is -0.492 e. The van der Waals surface area contributed by atoms with Gasteiger partial charge in [0.1, 0.15) is 6.04 Å². The van der Waals surface area contributed by atoms with E-state index in [1.165, 1.54) is 11.1 Å². The molecule has 162 valence electrons. The van der Waals surface area contributed by atoms with Crippen molar-refractivity contribution in [3.63, 3.8) is 0 Å². The molecule has 29 heavy (non-hydrogen) atoms. The van der Waals surface area contributed by atoms with Gasteiger partial charge in [-0.1, -0.05) is 0 Å². The van der Waals surface area contributed by atoms with E-state index in [2.05, 4.69) is 34.0 Å². The monoisotopic (exact) mass is 406 g/mol. The Morgan fingerprint density at radius 3 is 2.79 bits per heavy atom. The van der Waals surface area contributed by atoms with E-state index in [9.17, 15) is 5.11 Å². The predicted molar refractivity (Wildman–Crippen MR) is 111 cm³/mol. The van der Waals surface area contributed by atoms with Crippen LogP contribution in [0.1, 0.15) is 56.7 Å². The topological polar surface area (TPSA) is 57.2 Å². The molecule has 0 spiro atoms. The summed E-state index contributed by atoms with van der Waals surface area (Å²) in [5.74, 6) is 2.77. The highest BCUT2D eigenvalue weighted by molar-refractivity contribution is 5.61. The summed E-state index contributed by atoms with van der Waals surface area (Å²) in [5.41, 5.74) is 2.35. The lowest BCUT2D eigenvalue weighted by atomic mass is 9.81. The number of likely N-dealkylation sites (N-methyl/N-ethyl adjacent to an activating group) is 1. The summed E-state index contributed by atoms with van der Waals surface area (Å²) in [6.07, 6.45) is 4.19. The fourth-order valence-electron chi connectivity index (χ4n) is 5.47. The third-order valence-corrected chi connectivity index (χ3v) is 6.98. The Morgan fingerprint density at radius 1 is 1.28 bits per heavy atom. The fraction of sp³-hybridized carbons (Fsp3) is 0.739. The summed E-state index contributed by atoms with van der Waals surface area (Å²) in [4.78, 5) is 0. The zero-order valence-electron chi connectivity index (χ0n) is 18.5. The number of nitrogens with zero attached hydrogens (tertiary/aromatic N) is 1. The first-order valence-corrected chi connectivity index (χ1v) is 10.8. The van der Waals surface area contributed by atoms with Gasteiger partial charge in [0, 0.05) is 19.4 Å². The summed E-state index contributed by atoms with van der Waals surface area (Å²) in [6.45, 7) is 6.35. The van der Waals surface area contributed by atoms with E-state index in [1.807, 2.05) is 0 Å². The number of quaternary nitrogens is 1. The van der Waals surface area contributed by atoms with E-state index in [0.29, 0.717) is 18.1 Å². The largest absolute Gasteiger partial charge is 0.492 e. The predicted octanol–water partition coefficient (Wildman–Crippen LogP) is 3.44. The molecule has 3 aliphatic rings. The third kappa shape index (κ3) is 4.07. The zero-order valence-corrected chi connectivity index (χ0v) is 18.5. The van der Waals surface area contributed by atoms with Gasteiger partial charge in [-0.3, -0.25) is 0 Å². The standard InChI is InChI=1S/C23H36NO5/c1-23(2)13-15(7-9-29-23)10-17(25)12-18-20-16(6-8-24(18,3)4)11-19-21(22(20)26-5)28-14-27-19/h11,15,17-18,25H,6-10,12-14H2,1-5H3/q+1. The van der Waals surface area contributed by atoms with E-state index in [-0.39, 0.29) is 24.5 Å². The average molecular weight is 407 g/mol. The molecule has 1 fully saturated rings. The van der Waals surface area contributed by atoms with Crippen LogP contribution >= 0.6 is 0 Å². The van der Waals surface area contributed by atoms with Crippen LogP contribution in [0.15, 0.2) is 6.07 Å². The molecule has 3 heterocycles. The molecule has 0 saturated carbocycles. The van der Waals surface area contributed by atoms with E-state index >= 15 is 0 Å². The second kappa shape index (κ2) is 7.64. The van der Waals surface area contributed by atoms with E-state index in [4.69, 9.17) is 18.9 Å². The summed E-state index contributed by atoms with van der Waals surface area (Å²) in [6, 6.07) is 2.27. The normalized spacial score (nSPS) is 27.9. The van der Waals surface area contributed by atoms with Gasteiger partial charge in [-0.05, 0) is 50.7 Å². The number of aliphatic hydroxyl groups excluding tert-OH is 1. The van der Waals surface area contributed by atoms with Crippen LogP contribution in [0, 0.1) is 5.92 Å². The van der Waals surface area contributed by atoms with Crippen molar-refractivity contribution in [1.29, 1.82) is 0 Å². The van der Waals surface area contributed by atoms with Gasteiger partial charge >= 0.3 is 0 Å². The van der Waals surface area contributed by atoms with Crippen LogP contribution in [0.5, 0.6) is 17.2 Å². The number of hydrogen-bond acceptors (Lipinski definition) is 5. The minimum absolute atomic E-state index is 0.0868. The maximum absolute atomic E-state index is 11.1. The molecule has 1 saturated heterocycles. The molecule has 6 nitrogen and oxygen atoms in total. The Morgan fingerprint density at radius 2 is 2.07 bits per heavy atom. The number of benzene rings is 1. The van der Waals surface area contributed by atoms with Crippen molar-refractivity contribution >= 4 is 0 Å². The van der Waals surface area contributed by atoms with Crippen LogP contribution in [-0.4, -0.2) is 62.4 Å². The molecule has 6 heteroatoms. The van der Waals surface area contributed by atoms with Crippen LogP contribution in [0.3, 0.4) is 0 Å². The van der Waals surface area contributed by atoms with Gasteiger partial charge in [-0.25, -0.2) is 0 Å². The molecular formula is C23H36NO5+. The molecule has 1 N–H and O–H groups in total.